The van der Waals surface area contributed by atoms with Crippen LogP contribution in [0.3, 0.4) is 0 Å². The summed E-state index contributed by atoms with van der Waals surface area (Å²) < 4.78 is 5.24. The fraction of sp³-hybridized carbons (Fsp3) is 1.00. The molecule has 3 heteroatoms. The van der Waals surface area contributed by atoms with E-state index in [1.54, 1.807) is 7.11 Å². The van der Waals surface area contributed by atoms with Crippen molar-refractivity contribution in [3.05, 3.63) is 0 Å². The summed E-state index contributed by atoms with van der Waals surface area (Å²) >= 11 is 0. The van der Waals surface area contributed by atoms with E-state index in [0.29, 0.717) is 12.0 Å². The summed E-state index contributed by atoms with van der Waals surface area (Å²) in [5.74, 6) is 0. The fourth-order valence-electron chi connectivity index (χ4n) is 3.51. The van der Waals surface area contributed by atoms with Crippen LogP contribution in [0.2, 0.25) is 0 Å². The van der Waals surface area contributed by atoms with Crippen LogP contribution in [-0.4, -0.2) is 36.6 Å². The highest BCUT2D eigenvalue weighted by Crippen LogP contribution is 2.52. The molecule has 2 N–H and O–H groups in total. The quantitative estimate of drug-likeness (QED) is 0.470. The van der Waals surface area contributed by atoms with Gasteiger partial charge in [-0.3, -0.25) is 0 Å². The van der Waals surface area contributed by atoms with Gasteiger partial charge in [0.1, 0.15) is 0 Å². The summed E-state index contributed by atoms with van der Waals surface area (Å²) in [5, 5.41) is 19.1. The Hall–Kier alpha value is -0.120. The Kier molecular flexibility index (Phi) is 8.96. The average Bonchev–Trinajstić information content (AvgIpc) is 3.20. The number of aliphatic hydroxyl groups is 2. The Labute approximate surface area is 137 Å². The number of hydrogen-bond donors (Lipinski definition) is 2. The minimum atomic E-state index is -0.126. The van der Waals surface area contributed by atoms with E-state index in [2.05, 4.69) is 13.8 Å². The molecule has 1 aliphatic carbocycles. The van der Waals surface area contributed by atoms with Crippen LogP contribution in [0.4, 0.5) is 0 Å². The van der Waals surface area contributed by atoms with Gasteiger partial charge in [-0.1, -0.05) is 39.5 Å². The van der Waals surface area contributed by atoms with E-state index in [4.69, 9.17) is 9.84 Å². The zero-order valence-corrected chi connectivity index (χ0v) is 15.1. The van der Waals surface area contributed by atoms with Crippen molar-refractivity contribution in [3.8, 4) is 0 Å². The van der Waals surface area contributed by atoms with Crippen molar-refractivity contribution in [3.63, 3.8) is 0 Å². The number of hydrogen-bond acceptors (Lipinski definition) is 3. The number of methoxy groups -OCH3 is 1. The molecule has 132 valence electrons. The molecule has 0 saturated heterocycles. The third-order valence-electron chi connectivity index (χ3n) is 5.27. The molecule has 1 atom stereocenters. The summed E-state index contributed by atoms with van der Waals surface area (Å²) in [4.78, 5) is 0. The van der Waals surface area contributed by atoms with E-state index in [-0.39, 0.29) is 11.5 Å². The van der Waals surface area contributed by atoms with E-state index < -0.39 is 0 Å². The molecule has 0 radical (unpaired) electrons. The van der Waals surface area contributed by atoms with Gasteiger partial charge in [-0.15, -0.1) is 0 Å². The third kappa shape index (κ3) is 8.50. The predicted octanol–water partition coefficient (Wildman–Crippen LogP) is 4.30. The van der Waals surface area contributed by atoms with Gasteiger partial charge in [0.15, 0.2) is 0 Å². The molecule has 1 fully saturated rings. The van der Waals surface area contributed by atoms with Gasteiger partial charge < -0.3 is 14.9 Å². The highest BCUT2D eigenvalue weighted by molar-refractivity contribution is 4.92. The Morgan fingerprint density at radius 2 is 1.68 bits per heavy atom. The number of aliphatic hydroxyl groups excluding tert-OH is 2. The number of unbranched alkanes of at least 4 members (excludes halogenated alkanes) is 2. The van der Waals surface area contributed by atoms with E-state index in [1.165, 1.54) is 32.1 Å². The highest BCUT2D eigenvalue weighted by Gasteiger charge is 2.40. The summed E-state index contributed by atoms with van der Waals surface area (Å²) in [6.07, 6.45) is 12.4. The molecule has 1 saturated carbocycles. The lowest BCUT2D eigenvalue weighted by Gasteiger charge is -2.23. The summed E-state index contributed by atoms with van der Waals surface area (Å²) in [7, 11) is 1.76. The molecule has 22 heavy (non-hydrogen) atoms. The zero-order chi connectivity index (χ0) is 16.5. The molecule has 1 unspecified atom stereocenters. The van der Waals surface area contributed by atoms with E-state index in [0.717, 1.165) is 45.1 Å². The van der Waals surface area contributed by atoms with Crippen LogP contribution in [0.5, 0.6) is 0 Å². The minimum Gasteiger partial charge on any atom is -0.396 e. The van der Waals surface area contributed by atoms with Crippen LogP contribution in [0.15, 0.2) is 0 Å². The first kappa shape index (κ1) is 19.9. The molecule has 0 aromatic rings. The van der Waals surface area contributed by atoms with Gasteiger partial charge in [-0.2, -0.15) is 0 Å². The van der Waals surface area contributed by atoms with Crippen LogP contribution in [0, 0.1) is 10.8 Å². The van der Waals surface area contributed by atoms with Crippen LogP contribution in [0.1, 0.15) is 84.5 Å². The van der Waals surface area contributed by atoms with E-state index in [1.807, 2.05) is 0 Å². The lowest BCUT2D eigenvalue weighted by Crippen LogP contribution is -2.18. The smallest absolute Gasteiger partial charge is 0.0540 e. The second kappa shape index (κ2) is 9.89. The minimum absolute atomic E-state index is 0.126. The van der Waals surface area contributed by atoms with Crippen molar-refractivity contribution < 1.29 is 14.9 Å². The van der Waals surface area contributed by atoms with Crippen molar-refractivity contribution in [2.45, 2.75) is 90.6 Å². The Balaban J connectivity index is 1.96. The molecular formula is C19H38O3. The number of ether oxygens (including phenoxy) is 1. The van der Waals surface area contributed by atoms with Crippen LogP contribution < -0.4 is 0 Å². The summed E-state index contributed by atoms with van der Waals surface area (Å²) in [6, 6.07) is 0. The van der Waals surface area contributed by atoms with Gasteiger partial charge >= 0.3 is 0 Å². The molecule has 0 aliphatic heterocycles. The first-order chi connectivity index (χ1) is 10.4. The Bertz CT molecular complexity index is 268. The van der Waals surface area contributed by atoms with Gasteiger partial charge in [0.2, 0.25) is 0 Å². The van der Waals surface area contributed by atoms with Gasteiger partial charge in [-0.05, 0) is 55.8 Å². The lowest BCUT2D eigenvalue weighted by atomic mass is 9.87. The maximum atomic E-state index is 10.1. The summed E-state index contributed by atoms with van der Waals surface area (Å²) in [6.45, 7) is 5.63. The van der Waals surface area contributed by atoms with Crippen LogP contribution >= 0.6 is 0 Å². The Morgan fingerprint density at radius 3 is 2.23 bits per heavy atom. The van der Waals surface area contributed by atoms with Crippen molar-refractivity contribution >= 4 is 0 Å². The van der Waals surface area contributed by atoms with Crippen molar-refractivity contribution in [2.75, 3.05) is 20.3 Å². The molecule has 3 nitrogen and oxygen atoms in total. The van der Waals surface area contributed by atoms with Gasteiger partial charge in [-0.25, -0.2) is 0 Å². The topological polar surface area (TPSA) is 49.7 Å². The maximum absolute atomic E-state index is 10.1. The van der Waals surface area contributed by atoms with Gasteiger partial charge in [0.05, 0.1) is 12.7 Å². The second-order valence-corrected chi connectivity index (χ2v) is 8.22. The molecule has 1 rings (SSSR count). The first-order valence-electron chi connectivity index (χ1n) is 9.21. The lowest BCUT2D eigenvalue weighted by molar-refractivity contribution is 0.0937. The highest BCUT2D eigenvalue weighted by atomic mass is 16.5. The van der Waals surface area contributed by atoms with Crippen molar-refractivity contribution in [1.29, 1.82) is 0 Å². The van der Waals surface area contributed by atoms with Crippen molar-refractivity contribution in [1.82, 2.24) is 0 Å². The number of rotatable bonds is 14. The van der Waals surface area contributed by atoms with E-state index >= 15 is 0 Å². The molecule has 0 aromatic heterocycles. The molecule has 1 aliphatic rings. The third-order valence-corrected chi connectivity index (χ3v) is 5.27. The molecular weight excluding hydrogens is 276 g/mol. The largest absolute Gasteiger partial charge is 0.396 e. The molecule has 0 spiro atoms. The van der Waals surface area contributed by atoms with Gasteiger partial charge in [0.25, 0.3) is 0 Å². The normalized spacial score (nSPS) is 18.4. The van der Waals surface area contributed by atoms with Gasteiger partial charge in [0, 0.05) is 13.7 Å². The standard InChI is InChI=1S/C19H38O3/c1-18(2,16-22-3)10-6-4-8-17(21)9-5-7-11-19(12-13-19)14-15-20/h17,20-21H,4-16H2,1-3H3. The monoisotopic (exact) mass is 314 g/mol. The zero-order valence-electron chi connectivity index (χ0n) is 15.1. The molecule has 0 bridgehead atoms. The Morgan fingerprint density at radius 1 is 1.05 bits per heavy atom. The maximum Gasteiger partial charge on any atom is 0.0540 e. The SMILES string of the molecule is COCC(C)(C)CCCCC(O)CCCCC1(CCO)CC1. The van der Waals surface area contributed by atoms with Crippen LogP contribution in [-0.2, 0) is 4.74 Å². The summed E-state index contributed by atoms with van der Waals surface area (Å²) in [5.41, 5.74) is 0.734. The molecule has 0 aromatic carbocycles. The fourth-order valence-corrected chi connectivity index (χ4v) is 3.51. The van der Waals surface area contributed by atoms with E-state index in [9.17, 15) is 5.11 Å². The van der Waals surface area contributed by atoms with Crippen LogP contribution in [0.25, 0.3) is 0 Å². The second-order valence-electron chi connectivity index (χ2n) is 8.22. The van der Waals surface area contributed by atoms with Crippen molar-refractivity contribution in [2.24, 2.45) is 10.8 Å². The average molecular weight is 315 g/mol. The molecule has 0 heterocycles. The predicted molar refractivity (Wildman–Crippen MR) is 92.0 cm³/mol. The molecule has 0 amide bonds. The first-order valence-corrected chi connectivity index (χ1v) is 9.21.